The van der Waals surface area contributed by atoms with Gasteiger partial charge in [-0.05, 0) is 43.6 Å². The van der Waals surface area contributed by atoms with Gasteiger partial charge in [-0.3, -0.25) is 10.0 Å². The zero-order valence-corrected chi connectivity index (χ0v) is 17.3. The fourth-order valence-corrected chi connectivity index (χ4v) is 3.51. The highest BCUT2D eigenvalue weighted by Gasteiger charge is 2.24. The summed E-state index contributed by atoms with van der Waals surface area (Å²) in [6.07, 6.45) is 4.56. The molecule has 154 valence electrons. The van der Waals surface area contributed by atoms with Crippen LogP contribution in [0.3, 0.4) is 0 Å². The third kappa shape index (κ3) is 4.72. The Labute approximate surface area is 170 Å². The number of benzene rings is 1. The summed E-state index contributed by atoms with van der Waals surface area (Å²) in [5.41, 5.74) is 4.50. The molecule has 1 aromatic carbocycles. The van der Waals surface area contributed by atoms with E-state index in [0.717, 1.165) is 13.1 Å². The molecule has 2 N–H and O–H groups in total. The van der Waals surface area contributed by atoms with Gasteiger partial charge >= 0.3 is 0 Å². The van der Waals surface area contributed by atoms with E-state index in [1.54, 1.807) is 5.48 Å². The number of amides is 1. The Bertz CT molecular complexity index is 1000. The maximum absolute atomic E-state index is 11.2. The predicted octanol–water partition coefficient (Wildman–Crippen LogP) is 2.56. The Hall–Kier alpha value is -2.97. The number of hydrogen-bond acceptors (Lipinski definition) is 5. The van der Waals surface area contributed by atoms with Gasteiger partial charge in [-0.15, -0.1) is 5.10 Å². The van der Waals surface area contributed by atoms with E-state index >= 15 is 0 Å². The molecule has 0 saturated carbocycles. The van der Waals surface area contributed by atoms with Crippen LogP contribution in [0.2, 0.25) is 0 Å². The molecule has 0 bridgehead atoms. The van der Waals surface area contributed by atoms with Crippen LogP contribution in [0.15, 0.2) is 42.6 Å². The van der Waals surface area contributed by atoms with Gasteiger partial charge in [-0.2, -0.15) is 0 Å². The van der Waals surface area contributed by atoms with E-state index in [-0.39, 0.29) is 12.0 Å². The average molecular weight is 396 g/mol. The number of aromatic nitrogens is 4. The van der Waals surface area contributed by atoms with Crippen LogP contribution in [-0.4, -0.2) is 56.2 Å². The summed E-state index contributed by atoms with van der Waals surface area (Å²) < 4.78 is 4.21. The SMILES string of the molecule is CC(C)C(c1cc2ccccc2n1CCN(C)C)n1cc(/C=C/C(=O)NO)nn1. The third-order valence-corrected chi connectivity index (χ3v) is 4.88. The van der Waals surface area contributed by atoms with Crippen molar-refractivity contribution in [3.63, 3.8) is 0 Å². The monoisotopic (exact) mass is 396 g/mol. The normalized spacial score (nSPS) is 13.1. The van der Waals surface area contributed by atoms with Crippen molar-refractivity contribution in [1.29, 1.82) is 0 Å². The van der Waals surface area contributed by atoms with E-state index in [9.17, 15) is 4.79 Å². The van der Waals surface area contributed by atoms with E-state index in [2.05, 4.69) is 78.1 Å². The number of para-hydroxylation sites is 1. The number of carbonyl (C=O) groups is 1. The minimum absolute atomic E-state index is 0.00844. The molecule has 1 amide bonds. The van der Waals surface area contributed by atoms with Crippen LogP contribution >= 0.6 is 0 Å². The van der Waals surface area contributed by atoms with Gasteiger partial charge in [0.05, 0.1) is 12.2 Å². The highest BCUT2D eigenvalue weighted by Crippen LogP contribution is 2.31. The molecule has 2 heterocycles. The lowest BCUT2D eigenvalue weighted by Crippen LogP contribution is -2.24. The Balaban J connectivity index is 2.02. The van der Waals surface area contributed by atoms with Gasteiger partial charge in [0.15, 0.2) is 0 Å². The third-order valence-electron chi connectivity index (χ3n) is 4.88. The molecule has 0 saturated heterocycles. The number of nitrogens with zero attached hydrogens (tertiary/aromatic N) is 5. The standard InChI is InChI=1S/C21H28N6O2/c1-15(2)21(27-14-17(22-24-27)9-10-20(28)23-29)19-13-16-7-5-6-8-18(16)26(19)12-11-25(3)4/h5-10,13-15,21,29H,11-12H2,1-4H3,(H,23,28)/b10-9+. The molecule has 0 aliphatic carbocycles. The number of nitrogens with one attached hydrogen (secondary N) is 1. The van der Waals surface area contributed by atoms with Crippen molar-refractivity contribution < 1.29 is 10.0 Å². The molecule has 0 radical (unpaired) electrons. The highest BCUT2D eigenvalue weighted by molar-refractivity contribution is 5.90. The number of rotatable bonds is 8. The van der Waals surface area contributed by atoms with Crippen LogP contribution in [0.1, 0.15) is 31.3 Å². The topological polar surface area (TPSA) is 88.2 Å². The predicted molar refractivity (Wildman–Crippen MR) is 112 cm³/mol. The smallest absolute Gasteiger partial charge is 0.267 e. The summed E-state index contributed by atoms with van der Waals surface area (Å²) in [7, 11) is 4.15. The average Bonchev–Trinajstić information content (AvgIpc) is 3.29. The number of likely N-dealkylation sites (N-methyl/N-ethyl adjacent to an activating group) is 1. The lowest BCUT2D eigenvalue weighted by molar-refractivity contribution is -0.124. The summed E-state index contributed by atoms with van der Waals surface area (Å²) in [4.78, 5) is 13.4. The molecular formula is C21H28N6O2. The lowest BCUT2D eigenvalue weighted by atomic mass is 10.0. The van der Waals surface area contributed by atoms with Crippen molar-refractivity contribution >= 4 is 22.9 Å². The van der Waals surface area contributed by atoms with E-state index < -0.39 is 5.91 Å². The highest BCUT2D eigenvalue weighted by atomic mass is 16.5. The second-order valence-electron chi connectivity index (χ2n) is 7.70. The summed E-state index contributed by atoms with van der Waals surface area (Å²) in [5, 5.41) is 18.3. The second-order valence-corrected chi connectivity index (χ2v) is 7.70. The van der Waals surface area contributed by atoms with Crippen molar-refractivity contribution in [2.24, 2.45) is 5.92 Å². The van der Waals surface area contributed by atoms with Crippen LogP contribution in [0.5, 0.6) is 0 Å². The van der Waals surface area contributed by atoms with Crippen molar-refractivity contribution in [2.75, 3.05) is 20.6 Å². The van der Waals surface area contributed by atoms with Crippen LogP contribution in [0, 0.1) is 5.92 Å². The number of carbonyl (C=O) groups excluding carboxylic acids is 1. The summed E-state index contributed by atoms with van der Waals surface area (Å²) >= 11 is 0. The molecule has 3 aromatic rings. The van der Waals surface area contributed by atoms with Gasteiger partial charge in [0.2, 0.25) is 0 Å². The summed E-state index contributed by atoms with van der Waals surface area (Å²) in [6, 6.07) is 10.6. The zero-order chi connectivity index (χ0) is 21.0. The lowest BCUT2D eigenvalue weighted by Gasteiger charge is -2.24. The number of hydroxylamine groups is 1. The molecule has 1 unspecified atom stereocenters. The number of hydrogen-bond donors (Lipinski definition) is 2. The maximum Gasteiger partial charge on any atom is 0.267 e. The first-order valence-electron chi connectivity index (χ1n) is 9.67. The first-order chi connectivity index (χ1) is 13.9. The zero-order valence-electron chi connectivity index (χ0n) is 17.3. The van der Waals surface area contributed by atoms with Crippen molar-refractivity contribution in [1.82, 2.24) is 29.9 Å². The van der Waals surface area contributed by atoms with Gasteiger partial charge in [0.25, 0.3) is 5.91 Å². The molecule has 1 atom stereocenters. The molecule has 8 nitrogen and oxygen atoms in total. The van der Waals surface area contributed by atoms with Crippen LogP contribution in [-0.2, 0) is 11.3 Å². The maximum atomic E-state index is 11.2. The summed E-state index contributed by atoms with van der Waals surface area (Å²) in [5.74, 6) is -0.333. The largest absolute Gasteiger partial charge is 0.341 e. The van der Waals surface area contributed by atoms with Gasteiger partial charge < -0.3 is 9.47 Å². The molecule has 8 heteroatoms. The van der Waals surface area contributed by atoms with Crippen LogP contribution in [0.4, 0.5) is 0 Å². The minimum Gasteiger partial charge on any atom is -0.341 e. The fourth-order valence-electron chi connectivity index (χ4n) is 3.51. The van der Waals surface area contributed by atoms with Crippen molar-refractivity contribution in [2.45, 2.75) is 26.4 Å². The van der Waals surface area contributed by atoms with E-state index in [1.165, 1.54) is 28.7 Å². The Morgan fingerprint density at radius 3 is 2.76 bits per heavy atom. The molecule has 3 rings (SSSR count). The molecule has 0 spiro atoms. The molecule has 29 heavy (non-hydrogen) atoms. The van der Waals surface area contributed by atoms with Crippen LogP contribution < -0.4 is 5.48 Å². The van der Waals surface area contributed by atoms with Gasteiger partial charge in [-0.25, -0.2) is 10.2 Å². The second kappa shape index (κ2) is 9.02. The van der Waals surface area contributed by atoms with Crippen molar-refractivity contribution in [3.05, 3.63) is 54.0 Å². The fraction of sp³-hybridized carbons (Fsp3) is 0.381. The molecule has 0 aliphatic heterocycles. The van der Waals surface area contributed by atoms with Gasteiger partial charge in [0, 0.05) is 30.4 Å². The summed E-state index contributed by atoms with van der Waals surface area (Å²) in [6.45, 7) is 6.12. The first kappa shape index (κ1) is 20.8. The Kier molecular flexibility index (Phi) is 6.46. The molecule has 0 aliphatic rings. The Morgan fingerprint density at radius 1 is 1.31 bits per heavy atom. The molecular weight excluding hydrogens is 368 g/mol. The van der Waals surface area contributed by atoms with Crippen molar-refractivity contribution in [3.8, 4) is 0 Å². The van der Waals surface area contributed by atoms with Gasteiger partial charge in [-0.1, -0.05) is 37.3 Å². The number of fused-ring (bicyclic) bond motifs is 1. The molecule has 2 aromatic heterocycles. The van der Waals surface area contributed by atoms with Gasteiger partial charge in [0.1, 0.15) is 5.69 Å². The van der Waals surface area contributed by atoms with E-state index in [0.29, 0.717) is 5.69 Å². The van der Waals surface area contributed by atoms with E-state index in [4.69, 9.17) is 5.21 Å². The van der Waals surface area contributed by atoms with E-state index in [1.807, 2.05) is 10.9 Å². The first-order valence-corrected chi connectivity index (χ1v) is 9.67. The minimum atomic E-state index is -0.608. The molecule has 0 fully saturated rings. The Morgan fingerprint density at radius 2 is 2.07 bits per heavy atom. The van der Waals surface area contributed by atoms with Crippen LogP contribution in [0.25, 0.3) is 17.0 Å². The quantitative estimate of drug-likeness (QED) is 0.347.